The van der Waals surface area contributed by atoms with Crippen molar-refractivity contribution >= 4 is 11.9 Å². The first kappa shape index (κ1) is 20.2. The smallest absolute Gasteiger partial charge is 0.339 e. The molecule has 9 nitrogen and oxygen atoms in total. The van der Waals surface area contributed by atoms with Gasteiger partial charge in [0.25, 0.3) is 5.56 Å². The highest BCUT2D eigenvalue weighted by Crippen LogP contribution is 2.36. The molecule has 0 spiro atoms. The van der Waals surface area contributed by atoms with Crippen LogP contribution in [0, 0.1) is 6.92 Å². The summed E-state index contributed by atoms with van der Waals surface area (Å²) >= 11 is 0. The number of carbonyl (C=O) groups excluding carboxylic acids is 2. The number of fused-ring (bicyclic) bond motifs is 1. The lowest BCUT2D eigenvalue weighted by atomic mass is 9.89. The summed E-state index contributed by atoms with van der Waals surface area (Å²) in [5.41, 5.74) is 3.09. The third-order valence-corrected chi connectivity index (χ3v) is 6.10. The van der Waals surface area contributed by atoms with Gasteiger partial charge in [-0.05, 0) is 25.8 Å². The maximum Gasteiger partial charge on any atom is 0.339 e. The highest BCUT2D eigenvalue weighted by atomic mass is 16.5. The number of nitrogens with zero attached hydrogens (tertiary/aromatic N) is 3. The Hall–Kier alpha value is -3.75. The molecule has 0 aliphatic carbocycles. The quantitative estimate of drug-likeness (QED) is 0.627. The van der Waals surface area contributed by atoms with Crippen LogP contribution in [0.4, 0.5) is 0 Å². The molecule has 164 valence electrons. The molecule has 2 aromatic heterocycles. The number of carbonyl (C=O) groups is 2. The molecule has 1 atom stereocenters. The second kappa shape index (κ2) is 8.07. The van der Waals surface area contributed by atoms with Gasteiger partial charge in [0.1, 0.15) is 6.10 Å². The largest absolute Gasteiger partial charge is 0.453 e. The van der Waals surface area contributed by atoms with Crippen molar-refractivity contribution in [2.45, 2.75) is 38.2 Å². The summed E-state index contributed by atoms with van der Waals surface area (Å²) in [5, 5.41) is 10.7. The van der Waals surface area contributed by atoms with Crippen molar-refractivity contribution in [2.75, 3.05) is 13.1 Å². The Balaban J connectivity index is 1.27. The standard InChI is InChI=1S/C23H22N4O5/c1-13-10-19(32-26-13)17-11-20(28)24-25-22(17)14-6-8-27(9-7-14)21(29)12-18-15-4-2-3-5-16(15)23(30)31-18/h2-5,10-11,14,18H,6-9,12H2,1H3,(H,24,28)/t18-/m0/s1. The highest BCUT2D eigenvalue weighted by molar-refractivity contribution is 5.94. The van der Waals surface area contributed by atoms with Gasteiger partial charge in [0, 0.05) is 42.3 Å². The Morgan fingerprint density at radius 2 is 1.94 bits per heavy atom. The van der Waals surface area contributed by atoms with E-state index < -0.39 is 6.10 Å². The Kier molecular flexibility index (Phi) is 5.08. The predicted octanol–water partition coefficient (Wildman–Crippen LogP) is 2.74. The number of aromatic amines is 1. The van der Waals surface area contributed by atoms with Crippen LogP contribution < -0.4 is 5.56 Å². The monoisotopic (exact) mass is 434 g/mol. The minimum absolute atomic E-state index is 0.0431. The molecule has 2 aliphatic rings. The minimum Gasteiger partial charge on any atom is -0.453 e. The van der Waals surface area contributed by atoms with Crippen LogP contribution in [-0.4, -0.2) is 45.2 Å². The maximum atomic E-state index is 12.9. The van der Waals surface area contributed by atoms with E-state index in [0.29, 0.717) is 42.8 Å². The van der Waals surface area contributed by atoms with Crippen molar-refractivity contribution in [2.24, 2.45) is 0 Å². The molecule has 1 fully saturated rings. The minimum atomic E-state index is -0.536. The number of cyclic esters (lactones) is 1. The number of aromatic nitrogens is 3. The Morgan fingerprint density at radius 3 is 2.69 bits per heavy atom. The van der Waals surface area contributed by atoms with Gasteiger partial charge in [-0.1, -0.05) is 23.4 Å². The topological polar surface area (TPSA) is 118 Å². The van der Waals surface area contributed by atoms with Crippen LogP contribution in [0.1, 0.15) is 58.6 Å². The van der Waals surface area contributed by atoms with Crippen LogP contribution in [0.3, 0.4) is 0 Å². The molecular weight excluding hydrogens is 412 g/mol. The zero-order chi connectivity index (χ0) is 22.2. The number of hydrogen-bond acceptors (Lipinski definition) is 7. The van der Waals surface area contributed by atoms with Gasteiger partial charge >= 0.3 is 5.97 Å². The number of ether oxygens (including phenoxy) is 1. The normalized spacial score (nSPS) is 18.5. The fourth-order valence-corrected chi connectivity index (χ4v) is 4.47. The fraction of sp³-hybridized carbons (Fsp3) is 0.348. The van der Waals surface area contributed by atoms with Crippen LogP contribution in [0.15, 0.2) is 45.7 Å². The van der Waals surface area contributed by atoms with Gasteiger partial charge in [-0.3, -0.25) is 9.59 Å². The Bertz CT molecular complexity index is 1240. The lowest BCUT2D eigenvalue weighted by molar-refractivity contribution is -0.134. The van der Waals surface area contributed by atoms with Crippen LogP contribution in [-0.2, 0) is 9.53 Å². The second-order valence-electron chi connectivity index (χ2n) is 8.20. The third-order valence-electron chi connectivity index (χ3n) is 6.10. The molecule has 4 heterocycles. The lowest BCUT2D eigenvalue weighted by Gasteiger charge is -2.32. The maximum absolute atomic E-state index is 12.9. The molecule has 1 amide bonds. The van der Waals surface area contributed by atoms with Gasteiger partial charge < -0.3 is 14.2 Å². The summed E-state index contributed by atoms with van der Waals surface area (Å²) in [6.07, 6.45) is 0.997. The summed E-state index contributed by atoms with van der Waals surface area (Å²) in [4.78, 5) is 38.6. The second-order valence-corrected chi connectivity index (χ2v) is 8.20. The Labute approximate surface area is 183 Å². The van der Waals surface area contributed by atoms with Gasteiger partial charge in [0.05, 0.1) is 23.4 Å². The average molecular weight is 434 g/mol. The van der Waals surface area contributed by atoms with Crippen LogP contribution >= 0.6 is 0 Å². The van der Waals surface area contributed by atoms with E-state index in [-0.39, 0.29) is 29.8 Å². The number of rotatable bonds is 4. The molecule has 5 rings (SSSR count). The molecule has 1 saturated heterocycles. The van der Waals surface area contributed by atoms with E-state index in [2.05, 4.69) is 15.4 Å². The first-order chi connectivity index (χ1) is 15.5. The number of aryl methyl sites for hydroxylation is 1. The third kappa shape index (κ3) is 3.70. The first-order valence-electron chi connectivity index (χ1n) is 10.6. The van der Waals surface area contributed by atoms with Crippen molar-refractivity contribution in [1.29, 1.82) is 0 Å². The number of hydrogen-bond donors (Lipinski definition) is 1. The van der Waals surface area contributed by atoms with E-state index >= 15 is 0 Å². The van der Waals surface area contributed by atoms with Gasteiger partial charge in [0.2, 0.25) is 5.91 Å². The summed E-state index contributed by atoms with van der Waals surface area (Å²) in [6.45, 7) is 2.93. The summed E-state index contributed by atoms with van der Waals surface area (Å²) in [6, 6.07) is 10.4. The van der Waals surface area contributed by atoms with Crippen molar-refractivity contribution in [3.8, 4) is 11.3 Å². The number of amides is 1. The molecular formula is C23H22N4O5. The van der Waals surface area contributed by atoms with Crippen molar-refractivity contribution in [1.82, 2.24) is 20.3 Å². The molecule has 0 saturated carbocycles. The summed E-state index contributed by atoms with van der Waals surface area (Å²) < 4.78 is 10.8. The lowest BCUT2D eigenvalue weighted by Crippen LogP contribution is -2.38. The molecule has 0 bridgehead atoms. The van der Waals surface area contributed by atoms with E-state index in [9.17, 15) is 14.4 Å². The number of nitrogens with one attached hydrogen (secondary N) is 1. The SMILES string of the molecule is Cc1cc(-c2cc(=O)[nH]nc2C2CCN(C(=O)C[C@@H]3OC(=O)c4ccccc43)CC2)on1. The van der Waals surface area contributed by atoms with Gasteiger partial charge in [-0.15, -0.1) is 0 Å². The van der Waals surface area contributed by atoms with Crippen molar-refractivity contribution in [3.05, 3.63) is 69.3 Å². The summed E-state index contributed by atoms with van der Waals surface area (Å²) in [7, 11) is 0. The molecule has 9 heteroatoms. The van der Waals surface area contributed by atoms with Gasteiger partial charge in [0.15, 0.2) is 5.76 Å². The number of likely N-dealkylation sites (tertiary alicyclic amines) is 1. The van der Waals surface area contributed by atoms with Gasteiger partial charge in [-0.2, -0.15) is 5.10 Å². The first-order valence-corrected chi connectivity index (χ1v) is 10.6. The average Bonchev–Trinajstić information content (AvgIpc) is 3.37. The molecule has 3 aromatic rings. The van der Waals surface area contributed by atoms with E-state index in [1.165, 1.54) is 6.07 Å². The zero-order valence-corrected chi connectivity index (χ0v) is 17.5. The zero-order valence-electron chi connectivity index (χ0n) is 17.5. The summed E-state index contributed by atoms with van der Waals surface area (Å²) in [5.74, 6) is 0.160. The van der Waals surface area contributed by atoms with Crippen LogP contribution in [0.25, 0.3) is 11.3 Å². The van der Waals surface area contributed by atoms with Crippen LogP contribution in [0.5, 0.6) is 0 Å². The molecule has 0 unspecified atom stereocenters. The van der Waals surface area contributed by atoms with E-state index in [1.807, 2.05) is 19.1 Å². The predicted molar refractivity (Wildman–Crippen MR) is 113 cm³/mol. The molecule has 32 heavy (non-hydrogen) atoms. The molecule has 1 N–H and O–H groups in total. The number of benzene rings is 1. The number of esters is 1. The number of piperidine rings is 1. The van der Waals surface area contributed by atoms with Crippen molar-refractivity contribution < 1.29 is 18.8 Å². The highest BCUT2D eigenvalue weighted by Gasteiger charge is 2.34. The fourth-order valence-electron chi connectivity index (χ4n) is 4.47. The van der Waals surface area contributed by atoms with E-state index in [4.69, 9.17) is 9.26 Å². The molecule has 2 aliphatic heterocycles. The molecule has 1 aromatic carbocycles. The van der Waals surface area contributed by atoms with Gasteiger partial charge in [-0.25, -0.2) is 9.89 Å². The van der Waals surface area contributed by atoms with Crippen LogP contribution in [0.2, 0.25) is 0 Å². The van der Waals surface area contributed by atoms with E-state index in [0.717, 1.165) is 17.0 Å². The molecule has 0 radical (unpaired) electrons. The number of H-pyrrole nitrogens is 1. The Morgan fingerprint density at radius 1 is 1.16 bits per heavy atom. The van der Waals surface area contributed by atoms with E-state index in [1.54, 1.807) is 23.1 Å². The van der Waals surface area contributed by atoms with Crippen molar-refractivity contribution in [3.63, 3.8) is 0 Å².